The number of hydrogen-bond donors (Lipinski definition) is 2. The van der Waals surface area contributed by atoms with Crippen LogP contribution in [0.4, 0.5) is 0 Å². The van der Waals surface area contributed by atoms with Crippen molar-refractivity contribution in [3.8, 4) is 0 Å². The van der Waals surface area contributed by atoms with E-state index < -0.39 is 0 Å². The number of rotatable bonds is 3. The molecule has 0 aromatic heterocycles. The first-order chi connectivity index (χ1) is 11.6. The molecule has 3 N–H and O–H groups in total. The summed E-state index contributed by atoms with van der Waals surface area (Å²) in [5.41, 5.74) is 0. The van der Waals surface area contributed by atoms with Crippen molar-refractivity contribution in [3.63, 3.8) is 0 Å². The predicted octanol–water partition coefficient (Wildman–Crippen LogP) is 2.77. The maximum Gasteiger partial charge on any atom is 0.0571 e. The van der Waals surface area contributed by atoms with Crippen molar-refractivity contribution in [2.24, 2.45) is 5.84 Å². The summed E-state index contributed by atoms with van der Waals surface area (Å²) in [6.45, 7) is 6.04. The molecule has 0 unspecified atom stereocenters. The Bertz CT molecular complexity index is 272. The average molecular weight is 344 g/mol. The van der Waals surface area contributed by atoms with Gasteiger partial charge in [-0.2, -0.15) is 0 Å². The van der Waals surface area contributed by atoms with Gasteiger partial charge in [-0.15, -0.1) is 0 Å². The van der Waals surface area contributed by atoms with Gasteiger partial charge < -0.3 is 14.7 Å². The smallest absolute Gasteiger partial charge is 0.0571 e. The molecule has 1 saturated heterocycles. The third-order valence-corrected chi connectivity index (χ3v) is 5.70. The van der Waals surface area contributed by atoms with Crippen LogP contribution in [0, 0.1) is 0 Å². The highest BCUT2D eigenvalue weighted by atomic mass is 16.5. The lowest BCUT2D eigenvalue weighted by Crippen LogP contribution is -2.49. The molecule has 3 aliphatic rings. The van der Waals surface area contributed by atoms with Gasteiger partial charge in [0.2, 0.25) is 0 Å². The molecule has 3 rings (SSSR count). The second-order valence-corrected chi connectivity index (χ2v) is 7.18. The first kappa shape index (κ1) is 21.8. The van der Waals surface area contributed by atoms with Gasteiger partial charge in [0.05, 0.1) is 12.2 Å². The molecule has 0 spiro atoms. The first-order valence-electron chi connectivity index (χ1n) is 10.0. The number of aliphatic hydroxyl groups excluding tert-OH is 1. The fourth-order valence-electron chi connectivity index (χ4n) is 3.66. The number of methoxy groups -OCH3 is 1. The molecule has 24 heavy (non-hydrogen) atoms. The minimum absolute atomic E-state index is 0.0458. The van der Waals surface area contributed by atoms with Crippen molar-refractivity contribution in [3.05, 3.63) is 0 Å². The van der Waals surface area contributed by atoms with Crippen LogP contribution < -0.4 is 5.84 Å². The Balaban J connectivity index is 0.000000300. The molecule has 0 radical (unpaired) electrons. The lowest BCUT2D eigenvalue weighted by atomic mass is 9.90. The van der Waals surface area contributed by atoms with E-state index in [1.165, 1.54) is 32.1 Å². The second-order valence-electron chi connectivity index (χ2n) is 7.18. The van der Waals surface area contributed by atoms with Gasteiger partial charge in [-0.3, -0.25) is 5.84 Å². The van der Waals surface area contributed by atoms with Gasteiger partial charge in [-0.1, -0.05) is 13.8 Å². The quantitative estimate of drug-likeness (QED) is 0.772. The van der Waals surface area contributed by atoms with Crippen LogP contribution in [0.5, 0.6) is 0 Å². The number of hydrazine groups is 1. The van der Waals surface area contributed by atoms with E-state index in [1.54, 1.807) is 7.11 Å². The number of nitrogens with zero attached hydrogens (tertiary/aromatic N) is 2. The summed E-state index contributed by atoms with van der Waals surface area (Å²) >= 11 is 0. The van der Waals surface area contributed by atoms with Crippen molar-refractivity contribution in [2.45, 2.75) is 95.9 Å². The first-order valence-corrected chi connectivity index (χ1v) is 10.0. The number of piperidine rings is 1. The van der Waals surface area contributed by atoms with E-state index in [0.717, 1.165) is 38.8 Å². The number of ether oxygens (including phenoxy) is 1. The Morgan fingerprint density at radius 3 is 1.79 bits per heavy atom. The van der Waals surface area contributed by atoms with E-state index in [1.807, 2.05) is 18.9 Å². The van der Waals surface area contributed by atoms with Gasteiger partial charge in [0.15, 0.2) is 0 Å². The normalized spacial score (nSPS) is 29.1. The second kappa shape index (κ2) is 12.2. The minimum Gasteiger partial charge on any atom is -0.393 e. The topological polar surface area (TPSA) is 62.0 Å². The fourth-order valence-corrected chi connectivity index (χ4v) is 3.66. The summed E-state index contributed by atoms with van der Waals surface area (Å²) in [5, 5.41) is 11.4. The van der Waals surface area contributed by atoms with Crippen molar-refractivity contribution >= 4 is 0 Å². The lowest BCUT2D eigenvalue weighted by Gasteiger charge is -2.41. The third-order valence-electron chi connectivity index (χ3n) is 5.70. The highest BCUT2D eigenvalue weighted by Gasteiger charge is 2.28. The highest BCUT2D eigenvalue weighted by molar-refractivity contribution is 4.84. The van der Waals surface area contributed by atoms with E-state index in [4.69, 9.17) is 10.6 Å². The SMILES string of the molecule is CC.CN(C1CCC(O)CC1)C1CCN(N)CC1.COC1CCC1. The summed E-state index contributed by atoms with van der Waals surface area (Å²) in [6, 6.07) is 1.37. The molecular weight excluding hydrogens is 302 g/mol. The Labute approximate surface area is 149 Å². The Kier molecular flexibility index (Phi) is 11.1. The van der Waals surface area contributed by atoms with E-state index in [0.29, 0.717) is 18.2 Å². The van der Waals surface area contributed by atoms with E-state index >= 15 is 0 Å². The third kappa shape index (κ3) is 7.36. The molecule has 5 heteroatoms. The van der Waals surface area contributed by atoms with Crippen LogP contribution in [-0.4, -0.2) is 66.6 Å². The molecule has 0 amide bonds. The van der Waals surface area contributed by atoms with Gasteiger partial charge in [-0.25, -0.2) is 5.01 Å². The molecule has 1 aliphatic heterocycles. The van der Waals surface area contributed by atoms with Gasteiger partial charge in [0, 0.05) is 32.3 Å². The molecule has 144 valence electrons. The van der Waals surface area contributed by atoms with Crippen molar-refractivity contribution < 1.29 is 9.84 Å². The fraction of sp³-hybridized carbons (Fsp3) is 1.00. The van der Waals surface area contributed by atoms with Crippen LogP contribution in [-0.2, 0) is 4.74 Å². The zero-order valence-electron chi connectivity index (χ0n) is 16.4. The van der Waals surface area contributed by atoms with E-state index in [9.17, 15) is 5.11 Å². The Morgan fingerprint density at radius 2 is 1.42 bits per heavy atom. The molecule has 2 saturated carbocycles. The average Bonchev–Trinajstić information content (AvgIpc) is 2.57. The Hall–Kier alpha value is -0.200. The van der Waals surface area contributed by atoms with Gasteiger partial charge in [-0.05, 0) is 64.8 Å². The maximum absolute atomic E-state index is 9.51. The number of hydrogen-bond acceptors (Lipinski definition) is 5. The summed E-state index contributed by atoms with van der Waals surface area (Å²) in [5.74, 6) is 5.78. The largest absolute Gasteiger partial charge is 0.393 e. The van der Waals surface area contributed by atoms with Crippen molar-refractivity contribution in [1.82, 2.24) is 9.91 Å². The zero-order valence-corrected chi connectivity index (χ0v) is 16.4. The predicted molar refractivity (Wildman–Crippen MR) is 101 cm³/mol. The van der Waals surface area contributed by atoms with Crippen LogP contribution in [0.3, 0.4) is 0 Å². The van der Waals surface area contributed by atoms with E-state index in [2.05, 4.69) is 11.9 Å². The lowest BCUT2D eigenvalue weighted by molar-refractivity contribution is 0.0412. The standard InChI is InChI=1S/C12H25N3O.C5H10O.C2H6/c1-14(10-2-4-12(16)5-3-10)11-6-8-15(13)9-7-11;1-6-5-3-2-4-5;1-2/h10-12,16H,2-9,13H2,1H3;5H,2-4H2,1H3;1-2H3. The molecule has 0 aromatic rings. The van der Waals surface area contributed by atoms with Gasteiger partial charge >= 0.3 is 0 Å². The van der Waals surface area contributed by atoms with Crippen molar-refractivity contribution in [2.75, 3.05) is 27.2 Å². The monoisotopic (exact) mass is 343 g/mol. The molecule has 2 aliphatic carbocycles. The molecule has 3 fully saturated rings. The van der Waals surface area contributed by atoms with Crippen LogP contribution in [0.2, 0.25) is 0 Å². The van der Waals surface area contributed by atoms with Crippen LogP contribution in [0.15, 0.2) is 0 Å². The van der Waals surface area contributed by atoms with Crippen LogP contribution in [0.25, 0.3) is 0 Å². The molecule has 0 aromatic carbocycles. The molecule has 1 heterocycles. The van der Waals surface area contributed by atoms with Crippen molar-refractivity contribution in [1.29, 1.82) is 0 Å². The summed E-state index contributed by atoms with van der Waals surface area (Å²) in [7, 11) is 4.03. The summed E-state index contributed by atoms with van der Waals surface area (Å²) in [4.78, 5) is 2.54. The maximum atomic E-state index is 9.51. The number of nitrogens with two attached hydrogens (primary N) is 1. The van der Waals surface area contributed by atoms with Gasteiger partial charge in [0.25, 0.3) is 0 Å². The summed E-state index contributed by atoms with van der Waals surface area (Å²) < 4.78 is 4.99. The number of aliphatic hydroxyl groups is 1. The van der Waals surface area contributed by atoms with Gasteiger partial charge in [0.1, 0.15) is 0 Å². The molecular formula is C19H41N3O2. The molecule has 0 bridgehead atoms. The van der Waals surface area contributed by atoms with Crippen LogP contribution in [0.1, 0.15) is 71.6 Å². The highest BCUT2D eigenvalue weighted by Crippen LogP contribution is 2.26. The van der Waals surface area contributed by atoms with Crippen LogP contribution >= 0.6 is 0 Å². The summed E-state index contributed by atoms with van der Waals surface area (Å²) in [6.07, 6.45) is 11.2. The minimum atomic E-state index is -0.0458. The molecule has 0 atom stereocenters. The van der Waals surface area contributed by atoms with E-state index in [-0.39, 0.29) is 6.10 Å². The Morgan fingerprint density at radius 1 is 0.917 bits per heavy atom. The zero-order chi connectivity index (χ0) is 17.9. The molecule has 5 nitrogen and oxygen atoms in total.